The lowest BCUT2D eigenvalue weighted by atomic mass is 9.46. The Morgan fingerprint density at radius 2 is 1.64 bits per heavy atom. The highest BCUT2D eigenvalue weighted by Gasteiger charge is 2.59. The van der Waals surface area contributed by atoms with Crippen LogP contribution in [-0.2, 0) is 9.47 Å². The van der Waals surface area contributed by atoms with Crippen LogP contribution >= 0.6 is 0 Å². The van der Waals surface area contributed by atoms with Crippen molar-refractivity contribution >= 4 is 0 Å². The first-order chi connectivity index (χ1) is 18.4. The first-order valence-corrected chi connectivity index (χ1v) is 16.7. The van der Waals surface area contributed by atoms with Gasteiger partial charge in [-0.15, -0.1) is 0 Å². The van der Waals surface area contributed by atoms with Crippen LogP contribution in [0.3, 0.4) is 0 Å². The van der Waals surface area contributed by atoms with Crippen LogP contribution < -0.4 is 0 Å². The van der Waals surface area contributed by atoms with Crippen molar-refractivity contribution in [3.8, 4) is 0 Å². The Balaban J connectivity index is 1.28. The van der Waals surface area contributed by atoms with Gasteiger partial charge in [0.05, 0.1) is 18.3 Å². The minimum Gasteiger partial charge on any atom is -0.390 e. The van der Waals surface area contributed by atoms with Crippen molar-refractivity contribution < 1.29 is 19.7 Å². The summed E-state index contributed by atoms with van der Waals surface area (Å²) in [6.45, 7) is 19.4. The van der Waals surface area contributed by atoms with Crippen LogP contribution in [0.5, 0.6) is 0 Å². The zero-order chi connectivity index (χ0) is 28.3. The first kappa shape index (κ1) is 30.1. The van der Waals surface area contributed by atoms with Gasteiger partial charge in [-0.1, -0.05) is 73.0 Å². The number of hydrogen-bond acceptors (Lipinski definition) is 4. The quantitative estimate of drug-likeness (QED) is 0.322. The molecule has 1 heterocycles. The van der Waals surface area contributed by atoms with Crippen molar-refractivity contribution in [2.75, 3.05) is 0 Å². The predicted molar refractivity (Wildman–Crippen MR) is 158 cm³/mol. The predicted octanol–water partition coefficient (Wildman–Crippen LogP) is 7.76. The molecule has 5 rings (SSSR count). The molecule has 0 bridgehead atoms. The number of rotatable bonds is 7. The average molecular weight is 545 g/mol. The SMILES string of the molecule is CC1CC(O)C(O)C(OC2CCC3(C)C4CCC5(C)C(CCC5C(C)CCC(C)C(C)C)C4=CCC3C2C)O1. The minimum absolute atomic E-state index is 0.0778. The molecule has 0 radical (unpaired) electrons. The lowest BCUT2D eigenvalue weighted by Crippen LogP contribution is -2.55. The van der Waals surface area contributed by atoms with Crippen molar-refractivity contribution in [2.24, 2.45) is 58.2 Å². The molecule has 1 saturated heterocycles. The van der Waals surface area contributed by atoms with Gasteiger partial charge < -0.3 is 19.7 Å². The zero-order valence-corrected chi connectivity index (χ0v) is 26.4. The van der Waals surface area contributed by atoms with Crippen LogP contribution in [0.15, 0.2) is 11.6 Å². The molecule has 14 atom stereocenters. The number of allylic oxidation sites excluding steroid dienone is 2. The Hall–Kier alpha value is -0.420. The normalized spacial score (nSPS) is 49.6. The van der Waals surface area contributed by atoms with Crippen molar-refractivity contribution in [3.63, 3.8) is 0 Å². The molecule has 1 aliphatic heterocycles. The maximum atomic E-state index is 10.6. The molecule has 4 heteroatoms. The fraction of sp³-hybridized carbons (Fsp3) is 0.943. The maximum absolute atomic E-state index is 10.6. The fourth-order valence-corrected chi connectivity index (χ4v) is 10.5. The second-order valence-corrected chi connectivity index (χ2v) is 15.8. The van der Waals surface area contributed by atoms with E-state index in [0.717, 1.165) is 42.4 Å². The highest BCUT2D eigenvalue weighted by Crippen LogP contribution is 2.67. The maximum Gasteiger partial charge on any atom is 0.186 e. The van der Waals surface area contributed by atoms with Gasteiger partial charge in [0.15, 0.2) is 6.29 Å². The Bertz CT molecular complexity index is 884. The number of fused-ring (bicyclic) bond motifs is 5. The van der Waals surface area contributed by atoms with E-state index < -0.39 is 18.5 Å². The van der Waals surface area contributed by atoms with Gasteiger partial charge in [-0.05, 0) is 110 Å². The van der Waals surface area contributed by atoms with E-state index in [-0.39, 0.29) is 12.2 Å². The van der Waals surface area contributed by atoms with E-state index in [1.165, 1.54) is 44.9 Å². The number of hydrogen-bond donors (Lipinski definition) is 2. The fourth-order valence-electron chi connectivity index (χ4n) is 10.5. The summed E-state index contributed by atoms with van der Waals surface area (Å²) in [7, 11) is 0. The molecule has 224 valence electrons. The second kappa shape index (κ2) is 11.3. The van der Waals surface area contributed by atoms with Crippen LogP contribution in [0.2, 0.25) is 0 Å². The van der Waals surface area contributed by atoms with E-state index in [2.05, 4.69) is 54.5 Å². The molecule has 14 unspecified atom stereocenters. The first-order valence-electron chi connectivity index (χ1n) is 16.7. The monoisotopic (exact) mass is 544 g/mol. The molecule has 0 aromatic rings. The van der Waals surface area contributed by atoms with Crippen LogP contribution in [0.4, 0.5) is 0 Å². The molecule has 4 fully saturated rings. The van der Waals surface area contributed by atoms with Crippen molar-refractivity contribution in [2.45, 2.75) is 150 Å². The largest absolute Gasteiger partial charge is 0.390 e. The van der Waals surface area contributed by atoms with Crippen molar-refractivity contribution in [3.05, 3.63) is 11.6 Å². The standard InChI is InChI=1S/C35H60O4/c1-20(2)21(3)9-10-22(4)26-13-14-28-25-11-12-27-24(6)31(39-33-32(37)30(36)19-23(5)38-33)16-18-35(27,8)29(25)15-17-34(26,28)7/h11,20-24,26-33,36-37H,9-10,12-19H2,1-8H3. The van der Waals surface area contributed by atoms with E-state index in [0.29, 0.717) is 35.0 Å². The van der Waals surface area contributed by atoms with Gasteiger partial charge in [-0.25, -0.2) is 0 Å². The van der Waals surface area contributed by atoms with Gasteiger partial charge in [0.25, 0.3) is 0 Å². The summed E-state index contributed by atoms with van der Waals surface area (Å²) in [6, 6.07) is 0. The van der Waals surface area contributed by atoms with Gasteiger partial charge in [-0.3, -0.25) is 0 Å². The van der Waals surface area contributed by atoms with Gasteiger partial charge in [-0.2, -0.15) is 0 Å². The third-order valence-corrected chi connectivity index (χ3v) is 13.4. The third-order valence-electron chi connectivity index (χ3n) is 13.4. The highest BCUT2D eigenvalue weighted by molar-refractivity contribution is 5.28. The lowest BCUT2D eigenvalue weighted by molar-refractivity contribution is -0.290. The Morgan fingerprint density at radius 1 is 0.949 bits per heavy atom. The van der Waals surface area contributed by atoms with Crippen LogP contribution in [0.25, 0.3) is 0 Å². The number of aliphatic hydroxyl groups is 2. The molecule has 0 amide bonds. The molecule has 2 N–H and O–H groups in total. The summed E-state index contributed by atoms with van der Waals surface area (Å²) in [6.07, 6.45) is 12.4. The second-order valence-electron chi connectivity index (χ2n) is 15.8. The number of ether oxygens (including phenoxy) is 2. The highest BCUT2D eigenvalue weighted by atomic mass is 16.7. The van der Waals surface area contributed by atoms with E-state index in [1.54, 1.807) is 0 Å². The summed E-state index contributed by atoms with van der Waals surface area (Å²) in [5, 5.41) is 20.8. The van der Waals surface area contributed by atoms with Gasteiger partial charge in [0, 0.05) is 6.42 Å². The van der Waals surface area contributed by atoms with E-state index >= 15 is 0 Å². The number of aliphatic hydroxyl groups excluding tert-OH is 2. The van der Waals surface area contributed by atoms with Gasteiger partial charge in [0.2, 0.25) is 0 Å². The molecule has 0 aromatic heterocycles. The molecular formula is C35H60O4. The smallest absolute Gasteiger partial charge is 0.186 e. The Kier molecular flexibility index (Phi) is 8.74. The minimum atomic E-state index is -0.957. The topological polar surface area (TPSA) is 58.9 Å². The summed E-state index contributed by atoms with van der Waals surface area (Å²) >= 11 is 0. The van der Waals surface area contributed by atoms with E-state index in [1.807, 2.05) is 12.5 Å². The molecule has 39 heavy (non-hydrogen) atoms. The Morgan fingerprint density at radius 3 is 2.36 bits per heavy atom. The van der Waals surface area contributed by atoms with E-state index in [9.17, 15) is 10.2 Å². The molecule has 4 aliphatic carbocycles. The summed E-state index contributed by atoms with van der Waals surface area (Å²) in [4.78, 5) is 0. The van der Waals surface area contributed by atoms with Crippen molar-refractivity contribution in [1.82, 2.24) is 0 Å². The van der Waals surface area contributed by atoms with Crippen molar-refractivity contribution in [1.29, 1.82) is 0 Å². The zero-order valence-electron chi connectivity index (χ0n) is 26.4. The van der Waals surface area contributed by atoms with Gasteiger partial charge >= 0.3 is 0 Å². The van der Waals surface area contributed by atoms with Crippen LogP contribution in [0, 0.1) is 58.2 Å². The molecule has 5 aliphatic rings. The molecule has 0 spiro atoms. The van der Waals surface area contributed by atoms with Gasteiger partial charge in [0.1, 0.15) is 6.10 Å². The average Bonchev–Trinajstić information content (AvgIpc) is 3.24. The molecule has 4 nitrogen and oxygen atoms in total. The van der Waals surface area contributed by atoms with Crippen LogP contribution in [0.1, 0.15) is 120 Å². The molecular weight excluding hydrogens is 484 g/mol. The lowest BCUT2D eigenvalue weighted by Gasteiger charge is -2.60. The summed E-state index contributed by atoms with van der Waals surface area (Å²) in [5.74, 6) is 5.83. The van der Waals surface area contributed by atoms with Crippen LogP contribution in [-0.4, -0.2) is 40.9 Å². The third kappa shape index (κ3) is 5.32. The Labute approximate surface area is 239 Å². The summed E-state index contributed by atoms with van der Waals surface area (Å²) < 4.78 is 12.4. The molecule has 3 saturated carbocycles. The molecule has 0 aromatic carbocycles. The van der Waals surface area contributed by atoms with E-state index in [4.69, 9.17) is 9.47 Å². The summed E-state index contributed by atoms with van der Waals surface area (Å²) in [5.41, 5.74) is 2.64.